The van der Waals surface area contributed by atoms with E-state index >= 15 is 0 Å². The highest BCUT2D eigenvalue weighted by Gasteiger charge is 2.07. The molecule has 126 valence electrons. The maximum Gasteiger partial charge on any atom is 0.277 e. The Balaban J connectivity index is 1.88. The van der Waals surface area contributed by atoms with Crippen LogP contribution >= 0.6 is 22.6 Å². The van der Waals surface area contributed by atoms with Gasteiger partial charge in [0.2, 0.25) is 0 Å². The van der Waals surface area contributed by atoms with Gasteiger partial charge in [0, 0.05) is 0 Å². The highest BCUT2D eigenvalue weighted by atomic mass is 127. The minimum atomic E-state index is -0.368. The zero-order valence-corrected chi connectivity index (χ0v) is 15.4. The second kappa shape index (κ2) is 8.53. The summed E-state index contributed by atoms with van der Waals surface area (Å²) in [4.78, 5) is 11.7. The zero-order valence-electron chi connectivity index (χ0n) is 13.2. The second-order valence-electron chi connectivity index (χ2n) is 4.95. The molecule has 0 spiro atoms. The highest BCUT2D eigenvalue weighted by Crippen LogP contribution is 2.31. The lowest BCUT2D eigenvalue weighted by atomic mass is 10.2. The quantitative estimate of drug-likeness (QED) is 0.412. The largest absolute Gasteiger partial charge is 0.504 e. The van der Waals surface area contributed by atoms with E-state index in [1.54, 1.807) is 24.3 Å². The predicted molar refractivity (Wildman–Crippen MR) is 99.8 cm³/mol. The van der Waals surface area contributed by atoms with E-state index in [2.05, 4.69) is 10.5 Å². The van der Waals surface area contributed by atoms with Gasteiger partial charge in [-0.2, -0.15) is 5.10 Å². The third kappa shape index (κ3) is 5.12. The number of amides is 1. The number of halogens is 1. The summed E-state index contributed by atoms with van der Waals surface area (Å²) in [7, 11) is 1.47. The fourth-order valence-electron chi connectivity index (χ4n) is 1.82. The summed E-state index contributed by atoms with van der Waals surface area (Å²) in [6.07, 6.45) is 1.47. The second-order valence-corrected chi connectivity index (χ2v) is 6.11. The van der Waals surface area contributed by atoms with Crippen molar-refractivity contribution >= 4 is 34.7 Å². The molecule has 0 fully saturated rings. The summed E-state index contributed by atoms with van der Waals surface area (Å²) in [5, 5.41) is 13.6. The number of ether oxygens (including phenoxy) is 2. The van der Waals surface area contributed by atoms with Crippen molar-refractivity contribution in [1.82, 2.24) is 5.43 Å². The fourth-order valence-corrected chi connectivity index (χ4v) is 2.44. The summed E-state index contributed by atoms with van der Waals surface area (Å²) < 4.78 is 11.0. The highest BCUT2D eigenvalue weighted by molar-refractivity contribution is 14.1. The molecule has 7 heteroatoms. The molecule has 0 saturated heterocycles. The molecule has 0 radical (unpaired) electrons. The van der Waals surface area contributed by atoms with Crippen LogP contribution in [-0.2, 0) is 4.79 Å². The van der Waals surface area contributed by atoms with Gasteiger partial charge in [0.1, 0.15) is 5.75 Å². The van der Waals surface area contributed by atoms with Gasteiger partial charge in [-0.25, -0.2) is 5.43 Å². The van der Waals surface area contributed by atoms with E-state index in [-0.39, 0.29) is 18.3 Å². The maximum absolute atomic E-state index is 11.7. The summed E-state index contributed by atoms with van der Waals surface area (Å²) >= 11 is 1.99. The van der Waals surface area contributed by atoms with Gasteiger partial charge < -0.3 is 14.6 Å². The fraction of sp³-hybridized carbons (Fsp3) is 0.176. The molecule has 0 aliphatic rings. The number of benzene rings is 2. The van der Waals surface area contributed by atoms with E-state index < -0.39 is 0 Å². The normalized spacial score (nSPS) is 10.6. The first-order valence-electron chi connectivity index (χ1n) is 7.07. The van der Waals surface area contributed by atoms with Crippen LogP contribution in [0, 0.1) is 10.5 Å². The van der Waals surface area contributed by atoms with Crippen LogP contribution in [0.4, 0.5) is 0 Å². The van der Waals surface area contributed by atoms with Crippen molar-refractivity contribution in [3.05, 3.63) is 51.1 Å². The summed E-state index contributed by atoms with van der Waals surface area (Å²) in [5.41, 5.74) is 4.19. The number of hydrogen-bond donors (Lipinski definition) is 2. The monoisotopic (exact) mass is 440 g/mol. The molecule has 0 heterocycles. The van der Waals surface area contributed by atoms with Gasteiger partial charge in [-0.15, -0.1) is 0 Å². The Hall–Kier alpha value is -2.29. The average molecular weight is 440 g/mol. The van der Waals surface area contributed by atoms with Crippen molar-refractivity contribution < 1.29 is 19.4 Å². The van der Waals surface area contributed by atoms with Crippen molar-refractivity contribution in [3.8, 4) is 17.2 Å². The molecule has 1 amide bonds. The first kappa shape index (κ1) is 18.1. The van der Waals surface area contributed by atoms with Gasteiger partial charge in [0.15, 0.2) is 18.1 Å². The average Bonchev–Trinajstić information content (AvgIpc) is 2.57. The van der Waals surface area contributed by atoms with Crippen LogP contribution in [0.15, 0.2) is 41.5 Å². The lowest BCUT2D eigenvalue weighted by Crippen LogP contribution is -2.24. The smallest absolute Gasteiger partial charge is 0.277 e. The minimum absolute atomic E-state index is 0.0748. The number of rotatable bonds is 6. The standard InChI is InChI=1S/C17H17IN2O4/c1-11-3-5-13(6-4-11)24-10-16(21)20-19-9-12-7-14(18)17(22)15(8-12)23-2/h3-9,22H,10H2,1-2H3,(H,20,21)/b19-9+. The molecule has 24 heavy (non-hydrogen) atoms. The van der Waals surface area contributed by atoms with Crippen LogP contribution in [0.5, 0.6) is 17.2 Å². The van der Waals surface area contributed by atoms with Crippen LogP contribution in [-0.4, -0.2) is 30.9 Å². The molecule has 6 nitrogen and oxygen atoms in total. The van der Waals surface area contributed by atoms with Crippen LogP contribution in [0.3, 0.4) is 0 Å². The SMILES string of the molecule is COc1cc(/C=N/NC(=O)COc2ccc(C)cc2)cc(I)c1O. The molecular formula is C17H17IN2O4. The Bertz CT molecular complexity index is 745. The van der Waals surface area contributed by atoms with Gasteiger partial charge in [0.25, 0.3) is 5.91 Å². The first-order valence-corrected chi connectivity index (χ1v) is 8.15. The number of nitrogens with zero attached hydrogens (tertiary/aromatic N) is 1. The zero-order chi connectivity index (χ0) is 17.5. The summed E-state index contributed by atoms with van der Waals surface area (Å²) in [6.45, 7) is 1.85. The number of phenolic OH excluding ortho intramolecular Hbond substituents is 1. The maximum atomic E-state index is 11.7. The van der Waals surface area contributed by atoms with Crippen LogP contribution < -0.4 is 14.9 Å². The molecule has 0 aliphatic carbocycles. The number of phenols is 1. The van der Waals surface area contributed by atoms with E-state index in [1.807, 2.05) is 41.6 Å². The molecule has 2 aromatic carbocycles. The number of nitrogens with one attached hydrogen (secondary N) is 1. The molecule has 0 aliphatic heterocycles. The van der Waals surface area contributed by atoms with Crippen molar-refractivity contribution in [2.45, 2.75) is 6.92 Å². The van der Waals surface area contributed by atoms with Crippen LogP contribution in [0.25, 0.3) is 0 Å². The minimum Gasteiger partial charge on any atom is -0.504 e. The molecule has 0 saturated carbocycles. The number of carbonyl (C=O) groups is 1. The molecule has 0 aromatic heterocycles. The number of hydrogen-bond acceptors (Lipinski definition) is 5. The molecular weight excluding hydrogens is 423 g/mol. The van der Waals surface area contributed by atoms with E-state index in [0.717, 1.165) is 5.56 Å². The van der Waals surface area contributed by atoms with Gasteiger partial charge in [-0.3, -0.25) is 4.79 Å². The van der Waals surface area contributed by atoms with E-state index in [1.165, 1.54) is 13.3 Å². The third-order valence-electron chi connectivity index (χ3n) is 3.06. The number of hydrazone groups is 1. The number of carbonyl (C=O) groups excluding carboxylic acids is 1. The van der Waals surface area contributed by atoms with Crippen molar-refractivity contribution in [2.75, 3.05) is 13.7 Å². The molecule has 0 bridgehead atoms. The lowest BCUT2D eigenvalue weighted by molar-refractivity contribution is -0.123. The Labute approximate surface area is 153 Å². The third-order valence-corrected chi connectivity index (χ3v) is 3.89. The van der Waals surface area contributed by atoms with Crippen LogP contribution in [0.2, 0.25) is 0 Å². The van der Waals surface area contributed by atoms with Crippen molar-refractivity contribution in [3.63, 3.8) is 0 Å². The summed E-state index contributed by atoms with van der Waals surface area (Å²) in [5.74, 6) is 0.674. The van der Waals surface area contributed by atoms with Gasteiger partial charge in [-0.05, 0) is 59.3 Å². The first-order chi connectivity index (χ1) is 11.5. The number of aromatic hydroxyl groups is 1. The van der Waals surface area contributed by atoms with E-state index in [9.17, 15) is 9.90 Å². The molecule has 2 rings (SSSR count). The number of aryl methyl sites for hydroxylation is 1. The Kier molecular flexibility index (Phi) is 6.42. The Morgan fingerprint density at radius 1 is 1.33 bits per heavy atom. The summed E-state index contributed by atoms with van der Waals surface area (Å²) in [6, 6.07) is 10.8. The molecule has 2 aromatic rings. The van der Waals surface area contributed by atoms with Crippen LogP contribution in [0.1, 0.15) is 11.1 Å². The predicted octanol–water partition coefficient (Wildman–Crippen LogP) is 2.84. The van der Waals surface area contributed by atoms with Gasteiger partial charge in [-0.1, -0.05) is 17.7 Å². The topological polar surface area (TPSA) is 80.2 Å². The molecule has 0 atom stereocenters. The number of methoxy groups -OCH3 is 1. The van der Waals surface area contributed by atoms with Crippen molar-refractivity contribution in [2.24, 2.45) is 5.10 Å². The lowest BCUT2D eigenvalue weighted by Gasteiger charge is -2.06. The molecule has 2 N–H and O–H groups in total. The van der Waals surface area contributed by atoms with Crippen molar-refractivity contribution in [1.29, 1.82) is 0 Å². The van der Waals surface area contributed by atoms with E-state index in [0.29, 0.717) is 20.6 Å². The van der Waals surface area contributed by atoms with Gasteiger partial charge in [0.05, 0.1) is 16.9 Å². The molecule has 0 unspecified atom stereocenters. The Morgan fingerprint density at radius 2 is 2.04 bits per heavy atom. The van der Waals surface area contributed by atoms with Gasteiger partial charge >= 0.3 is 0 Å². The van der Waals surface area contributed by atoms with E-state index in [4.69, 9.17) is 9.47 Å². The Morgan fingerprint density at radius 3 is 2.71 bits per heavy atom.